The van der Waals surface area contributed by atoms with Crippen LogP contribution in [0.1, 0.15) is 58.9 Å². The van der Waals surface area contributed by atoms with E-state index >= 15 is 0 Å². The van der Waals surface area contributed by atoms with E-state index in [1.807, 2.05) is 52.8 Å². The van der Waals surface area contributed by atoms with Crippen LogP contribution in [-0.4, -0.2) is 64.3 Å². The topological polar surface area (TPSA) is 70.1 Å². The largest absolute Gasteiger partial charge is 0.444 e. The fraction of sp³-hybridized carbons (Fsp3) is 0.652. The summed E-state index contributed by atoms with van der Waals surface area (Å²) in [6, 6.07) is 10.1. The summed E-state index contributed by atoms with van der Waals surface area (Å²) in [5.74, 6) is 0.245. The number of piperidine rings is 1. The summed E-state index contributed by atoms with van der Waals surface area (Å²) in [5.41, 5.74) is -1.00. The standard InChI is InChI=1S/C23H34N2O4/c1-21(2,3)29-20(27)24-12-11-23(28,22(4,5)15-24)16-25-14-18(13-19(25)26)17-9-7-6-8-10-17/h6-10,18,28H,11-16H2,1-5H3/t18-,23?/m0/s1. The van der Waals surface area contributed by atoms with Crippen LogP contribution in [0.15, 0.2) is 30.3 Å². The van der Waals surface area contributed by atoms with E-state index in [2.05, 4.69) is 12.1 Å². The van der Waals surface area contributed by atoms with Gasteiger partial charge in [0.2, 0.25) is 5.91 Å². The van der Waals surface area contributed by atoms with E-state index in [-0.39, 0.29) is 17.9 Å². The number of carbonyl (C=O) groups excluding carboxylic acids is 2. The molecule has 2 heterocycles. The van der Waals surface area contributed by atoms with E-state index in [1.54, 1.807) is 9.80 Å². The molecule has 0 spiro atoms. The Morgan fingerprint density at radius 2 is 1.90 bits per heavy atom. The molecule has 1 aromatic carbocycles. The Labute approximate surface area is 173 Å². The highest BCUT2D eigenvalue weighted by atomic mass is 16.6. The maximum atomic E-state index is 12.6. The molecule has 2 aliphatic heterocycles. The highest BCUT2D eigenvalue weighted by molar-refractivity contribution is 5.80. The minimum atomic E-state index is -1.05. The zero-order chi connectivity index (χ0) is 21.4. The number of β-amino-alcohol motifs (C(OH)–C–C–N with tert-alkyl or cyclic N) is 1. The summed E-state index contributed by atoms with van der Waals surface area (Å²) < 4.78 is 5.49. The van der Waals surface area contributed by atoms with Gasteiger partial charge in [-0.05, 0) is 32.8 Å². The van der Waals surface area contributed by atoms with Gasteiger partial charge in [0.1, 0.15) is 5.60 Å². The number of rotatable bonds is 3. The van der Waals surface area contributed by atoms with E-state index in [4.69, 9.17) is 4.74 Å². The van der Waals surface area contributed by atoms with Gasteiger partial charge in [0.25, 0.3) is 0 Å². The number of nitrogens with zero attached hydrogens (tertiary/aromatic N) is 2. The number of hydrogen-bond donors (Lipinski definition) is 1. The molecule has 0 aliphatic carbocycles. The summed E-state index contributed by atoms with van der Waals surface area (Å²) in [7, 11) is 0. The molecule has 2 fully saturated rings. The first-order valence-corrected chi connectivity index (χ1v) is 10.4. The van der Waals surface area contributed by atoms with Crippen molar-refractivity contribution in [1.29, 1.82) is 0 Å². The van der Waals surface area contributed by atoms with Gasteiger partial charge in [0.15, 0.2) is 0 Å². The molecule has 6 heteroatoms. The second-order valence-corrected chi connectivity index (χ2v) is 10.2. The van der Waals surface area contributed by atoms with Crippen LogP contribution in [0.25, 0.3) is 0 Å². The van der Waals surface area contributed by atoms with Crippen LogP contribution in [0, 0.1) is 5.41 Å². The minimum Gasteiger partial charge on any atom is -0.444 e. The highest BCUT2D eigenvalue weighted by Crippen LogP contribution is 2.41. The third-order valence-corrected chi connectivity index (χ3v) is 6.23. The van der Waals surface area contributed by atoms with E-state index in [1.165, 1.54) is 0 Å². The molecular weight excluding hydrogens is 368 g/mol. The predicted octanol–water partition coefficient (Wildman–Crippen LogP) is 3.40. The van der Waals surface area contributed by atoms with Gasteiger partial charge < -0.3 is 19.6 Å². The molecule has 0 saturated carbocycles. The first-order valence-electron chi connectivity index (χ1n) is 10.4. The SMILES string of the molecule is CC(C)(C)OC(=O)N1CCC(O)(CN2C[C@@H](c3ccccc3)CC2=O)C(C)(C)C1. The summed E-state index contributed by atoms with van der Waals surface area (Å²) in [4.78, 5) is 28.6. The van der Waals surface area contributed by atoms with Gasteiger partial charge >= 0.3 is 6.09 Å². The molecule has 1 N–H and O–H groups in total. The molecule has 160 valence electrons. The van der Waals surface area contributed by atoms with Crippen LogP contribution in [0.4, 0.5) is 4.79 Å². The molecule has 2 amide bonds. The number of benzene rings is 1. The first-order chi connectivity index (χ1) is 13.4. The molecule has 1 unspecified atom stereocenters. The van der Waals surface area contributed by atoms with E-state index in [0.29, 0.717) is 39.0 Å². The van der Waals surface area contributed by atoms with Crippen LogP contribution < -0.4 is 0 Å². The maximum Gasteiger partial charge on any atom is 0.410 e. The first kappa shape index (κ1) is 21.6. The molecule has 0 bridgehead atoms. The predicted molar refractivity (Wildman–Crippen MR) is 112 cm³/mol. The van der Waals surface area contributed by atoms with Crippen LogP contribution in [0.3, 0.4) is 0 Å². The fourth-order valence-electron chi connectivity index (χ4n) is 4.33. The van der Waals surface area contributed by atoms with Gasteiger partial charge in [0.05, 0.1) is 12.1 Å². The zero-order valence-corrected chi connectivity index (χ0v) is 18.3. The zero-order valence-electron chi connectivity index (χ0n) is 18.3. The number of likely N-dealkylation sites (tertiary alicyclic amines) is 2. The molecular formula is C23H34N2O4. The Hall–Kier alpha value is -2.08. The molecule has 0 radical (unpaired) electrons. The number of ether oxygens (including phenoxy) is 1. The highest BCUT2D eigenvalue weighted by Gasteiger charge is 2.51. The summed E-state index contributed by atoms with van der Waals surface area (Å²) in [5, 5.41) is 11.5. The fourth-order valence-corrected chi connectivity index (χ4v) is 4.33. The molecule has 2 saturated heterocycles. The van der Waals surface area contributed by atoms with Crippen molar-refractivity contribution in [3.8, 4) is 0 Å². The second kappa shape index (κ2) is 7.63. The lowest BCUT2D eigenvalue weighted by atomic mass is 9.69. The van der Waals surface area contributed by atoms with Crippen molar-refractivity contribution in [3.63, 3.8) is 0 Å². The third kappa shape index (κ3) is 4.74. The van der Waals surface area contributed by atoms with Crippen molar-refractivity contribution in [3.05, 3.63) is 35.9 Å². The minimum absolute atomic E-state index is 0.0812. The molecule has 1 aromatic rings. The summed E-state index contributed by atoms with van der Waals surface area (Å²) >= 11 is 0. The average Bonchev–Trinajstić information content (AvgIpc) is 2.97. The Bertz CT molecular complexity index is 756. The van der Waals surface area contributed by atoms with Gasteiger partial charge in [0, 0.05) is 37.4 Å². The van der Waals surface area contributed by atoms with Crippen molar-refractivity contribution in [1.82, 2.24) is 9.80 Å². The Morgan fingerprint density at radius 3 is 2.48 bits per heavy atom. The van der Waals surface area contributed by atoms with Crippen LogP contribution in [0.2, 0.25) is 0 Å². The van der Waals surface area contributed by atoms with Crippen molar-refractivity contribution in [2.24, 2.45) is 5.41 Å². The van der Waals surface area contributed by atoms with Crippen LogP contribution in [0.5, 0.6) is 0 Å². The van der Waals surface area contributed by atoms with Gasteiger partial charge in [-0.1, -0.05) is 44.2 Å². The Balaban J connectivity index is 1.66. The second-order valence-electron chi connectivity index (χ2n) is 10.2. The van der Waals surface area contributed by atoms with Crippen molar-refractivity contribution < 1.29 is 19.4 Å². The molecule has 2 aliphatic rings. The molecule has 2 atom stereocenters. The molecule has 0 aromatic heterocycles. The van der Waals surface area contributed by atoms with Crippen molar-refractivity contribution >= 4 is 12.0 Å². The number of aliphatic hydroxyl groups is 1. The van der Waals surface area contributed by atoms with Crippen molar-refractivity contribution in [2.75, 3.05) is 26.2 Å². The smallest absolute Gasteiger partial charge is 0.410 e. The normalized spacial score (nSPS) is 27.2. The quantitative estimate of drug-likeness (QED) is 0.841. The van der Waals surface area contributed by atoms with Gasteiger partial charge in [-0.3, -0.25) is 4.79 Å². The van der Waals surface area contributed by atoms with Crippen molar-refractivity contribution in [2.45, 2.75) is 64.6 Å². The van der Waals surface area contributed by atoms with E-state index in [0.717, 1.165) is 5.56 Å². The average molecular weight is 403 g/mol. The maximum absolute atomic E-state index is 12.6. The van der Waals surface area contributed by atoms with E-state index < -0.39 is 16.6 Å². The molecule has 29 heavy (non-hydrogen) atoms. The number of carbonyl (C=O) groups is 2. The molecule has 6 nitrogen and oxygen atoms in total. The van der Waals surface area contributed by atoms with Crippen LogP contribution in [-0.2, 0) is 9.53 Å². The molecule has 3 rings (SSSR count). The lowest BCUT2D eigenvalue weighted by molar-refractivity contribution is -0.147. The summed E-state index contributed by atoms with van der Waals surface area (Å²) in [6.07, 6.45) is 0.540. The lowest BCUT2D eigenvalue weighted by Gasteiger charge is -2.51. The lowest BCUT2D eigenvalue weighted by Crippen LogP contribution is -2.63. The van der Waals surface area contributed by atoms with Gasteiger partial charge in [-0.25, -0.2) is 4.79 Å². The Kier molecular flexibility index (Phi) is 5.69. The monoisotopic (exact) mass is 402 g/mol. The summed E-state index contributed by atoms with van der Waals surface area (Å²) in [6.45, 7) is 11.2. The third-order valence-electron chi connectivity index (χ3n) is 6.23. The van der Waals surface area contributed by atoms with E-state index in [9.17, 15) is 14.7 Å². The van der Waals surface area contributed by atoms with Gasteiger partial charge in [-0.15, -0.1) is 0 Å². The number of amides is 2. The Morgan fingerprint density at radius 1 is 1.24 bits per heavy atom. The number of hydrogen-bond acceptors (Lipinski definition) is 4. The van der Waals surface area contributed by atoms with Gasteiger partial charge in [-0.2, -0.15) is 0 Å². The van der Waals surface area contributed by atoms with Crippen LogP contribution >= 0.6 is 0 Å².